The van der Waals surface area contributed by atoms with Gasteiger partial charge < -0.3 is 15.2 Å². The molecule has 0 aliphatic carbocycles. The van der Waals surface area contributed by atoms with Crippen LogP contribution >= 0.6 is 11.8 Å². The van der Waals surface area contributed by atoms with Gasteiger partial charge in [0.2, 0.25) is 16.9 Å². The molecule has 102 valence electrons. The Balaban J connectivity index is 2.37. The number of nitrogens with zero attached hydrogens (tertiary/aromatic N) is 4. The van der Waals surface area contributed by atoms with E-state index in [-0.39, 0.29) is 0 Å². The van der Waals surface area contributed by atoms with Crippen molar-refractivity contribution in [2.24, 2.45) is 7.05 Å². The predicted molar refractivity (Wildman–Crippen MR) is 71.6 cm³/mol. The fourth-order valence-corrected chi connectivity index (χ4v) is 2.37. The number of anilines is 1. The van der Waals surface area contributed by atoms with E-state index in [1.807, 2.05) is 14.0 Å². The highest BCUT2D eigenvalue weighted by Crippen LogP contribution is 2.32. The number of aryl methyl sites for hydroxylation is 2. The molecular weight excluding hydrogens is 266 g/mol. The molecule has 0 bridgehead atoms. The number of methoxy groups -OCH3 is 2. The molecule has 0 fully saturated rings. The topological polar surface area (TPSA) is 88.1 Å². The van der Waals surface area contributed by atoms with Gasteiger partial charge in [-0.2, -0.15) is 15.1 Å². The molecule has 2 aromatic heterocycles. The van der Waals surface area contributed by atoms with Crippen molar-refractivity contribution in [3.63, 3.8) is 0 Å². The average molecular weight is 281 g/mol. The van der Waals surface area contributed by atoms with Crippen LogP contribution in [0.1, 0.15) is 5.69 Å². The van der Waals surface area contributed by atoms with Gasteiger partial charge in [0, 0.05) is 7.05 Å². The molecule has 2 N–H and O–H groups in total. The quantitative estimate of drug-likeness (QED) is 0.844. The summed E-state index contributed by atoms with van der Waals surface area (Å²) >= 11 is 1.31. The molecule has 0 aliphatic rings. The van der Waals surface area contributed by atoms with Crippen LogP contribution in [0.5, 0.6) is 11.8 Å². The Morgan fingerprint density at radius 2 is 1.79 bits per heavy atom. The summed E-state index contributed by atoms with van der Waals surface area (Å²) in [6.45, 7) is 1.85. The van der Waals surface area contributed by atoms with Crippen LogP contribution in [0.3, 0.4) is 0 Å². The minimum atomic E-state index is 0.437. The van der Waals surface area contributed by atoms with Crippen molar-refractivity contribution in [1.82, 2.24) is 19.7 Å². The third-order valence-corrected chi connectivity index (χ3v) is 3.52. The van der Waals surface area contributed by atoms with Crippen LogP contribution in [-0.2, 0) is 7.05 Å². The maximum Gasteiger partial charge on any atom is 0.220 e. The molecule has 0 spiro atoms. The standard InChI is InChI=1S/C11H15N5O2S/c1-6-9(12)10(16(2)15-6)19-11-13-7(17-3)5-8(14-11)18-4/h5H,12H2,1-4H3. The zero-order chi connectivity index (χ0) is 14.0. The average Bonchev–Trinajstić information content (AvgIpc) is 2.65. The molecule has 2 aromatic rings. The van der Waals surface area contributed by atoms with E-state index in [0.717, 1.165) is 10.7 Å². The molecule has 0 atom stereocenters. The lowest BCUT2D eigenvalue weighted by Gasteiger charge is -2.06. The van der Waals surface area contributed by atoms with E-state index in [4.69, 9.17) is 15.2 Å². The number of nitrogens with two attached hydrogens (primary N) is 1. The molecule has 0 radical (unpaired) electrons. The number of hydrogen-bond acceptors (Lipinski definition) is 7. The lowest BCUT2D eigenvalue weighted by Crippen LogP contribution is -1.99. The molecule has 2 heterocycles. The Kier molecular flexibility index (Phi) is 3.79. The molecule has 7 nitrogen and oxygen atoms in total. The van der Waals surface area contributed by atoms with E-state index in [2.05, 4.69) is 15.1 Å². The second-order valence-corrected chi connectivity index (χ2v) is 4.72. The first kappa shape index (κ1) is 13.5. The fourth-order valence-electron chi connectivity index (χ4n) is 1.50. The molecule has 0 amide bonds. The summed E-state index contributed by atoms with van der Waals surface area (Å²) in [4.78, 5) is 8.48. The number of hydrogen-bond donors (Lipinski definition) is 1. The van der Waals surface area contributed by atoms with Crippen LogP contribution in [0.25, 0.3) is 0 Å². The Labute approximate surface area is 115 Å². The summed E-state index contributed by atoms with van der Waals surface area (Å²) in [6.07, 6.45) is 0. The normalized spacial score (nSPS) is 10.5. The van der Waals surface area contributed by atoms with Crippen LogP contribution in [0.4, 0.5) is 5.69 Å². The Bertz CT molecular complexity index is 577. The van der Waals surface area contributed by atoms with Gasteiger partial charge in [0.15, 0.2) is 0 Å². The lowest BCUT2D eigenvalue weighted by atomic mass is 10.4. The second-order valence-electron chi connectivity index (χ2n) is 3.77. The van der Waals surface area contributed by atoms with Crippen molar-refractivity contribution < 1.29 is 9.47 Å². The number of ether oxygens (including phenoxy) is 2. The smallest absolute Gasteiger partial charge is 0.220 e. The van der Waals surface area contributed by atoms with E-state index in [0.29, 0.717) is 22.6 Å². The van der Waals surface area contributed by atoms with Crippen molar-refractivity contribution in [3.8, 4) is 11.8 Å². The molecule has 2 rings (SSSR count). The van der Waals surface area contributed by atoms with Gasteiger partial charge in [0.1, 0.15) is 5.03 Å². The van der Waals surface area contributed by atoms with E-state index in [9.17, 15) is 0 Å². The van der Waals surface area contributed by atoms with Crippen molar-refractivity contribution in [2.45, 2.75) is 17.1 Å². The first-order valence-electron chi connectivity index (χ1n) is 5.49. The van der Waals surface area contributed by atoms with Gasteiger partial charge in [-0.25, -0.2) is 0 Å². The zero-order valence-corrected chi connectivity index (χ0v) is 12.0. The van der Waals surface area contributed by atoms with Crippen molar-refractivity contribution in [3.05, 3.63) is 11.8 Å². The summed E-state index contributed by atoms with van der Waals surface area (Å²) in [6, 6.07) is 1.61. The Morgan fingerprint density at radius 1 is 1.21 bits per heavy atom. The van der Waals surface area contributed by atoms with Crippen LogP contribution in [0.15, 0.2) is 16.2 Å². The predicted octanol–water partition coefficient (Wildman–Crippen LogP) is 1.27. The highest BCUT2D eigenvalue weighted by atomic mass is 32.2. The van der Waals surface area contributed by atoms with Crippen molar-refractivity contribution >= 4 is 17.4 Å². The summed E-state index contributed by atoms with van der Waals surface area (Å²) in [5.74, 6) is 0.874. The Morgan fingerprint density at radius 3 is 2.21 bits per heavy atom. The number of aromatic nitrogens is 4. The molecule has 0 saturated carbocycles. The van der Waals surface area contributed by atoms with Gasteiger partial charge in [-0.3, -0.25) is 4.68 Å². The lowest BCUT2D eigenvalue weighted by molar-refractivity contribution is 0.364. The van der Waals surface area contributed by atoms with Gasteiger partial charge in [-0.1, -0.05) is 0 Å². The summed E-state index contributed by atoms with van der Waals surface area (Å²) in [5, 5.41) is 5.52. The minimum Gasteiger partial charge on any atom is -0.481 e. The first-order chi connectivity index (χ1) is 9.05. The summed E-state index contributed by atoms with van der Waals surface area (Å²) in [7, 11) is 4.90. The summed E-state index contributed by atoms with van der Waals surface area (Å²) in [5.41, 5.74) is 7.37. The Hall–Kier alpha value is -1.96. The molecule has 19 heavy (non-hydrogen) atoms. The van der Waals surface area contributed by atoms with Gasteiger partial charge in [-0.05, 0) is 18.7 Å². The molecular formula is C11H15N5O2S. The van der Waals surface area contributed by atoms with Gasteiger partial charge in [0.25, 0.3) is 0 Å². The van der Waals surface area contributed by atoms with Gasteiger partial charge in [-0.15, -0.1) is 0 Å². The highest BCUT2D eigenvalue weighted by molar-refractivity contribution is 7.99. The maximum atomic E-state index is 5.97. The largest absolute Gasteiger partial charge is 0.481 e. The molecule has 0 aliphatic heterocycles. The number of rotatable bonds is 4. The molecule has 0 saturated heterocycles. The van der Waals surface area contributed by atoms with E-state index in [1.54, 1.807) is 25.0 Å². The first-order valence-corrected chi connectivity index (χ1v) is 6.30. The van der Waals surface area contributed by atoms with E-state index in [1.165, 1.54) is 11.8 Å². The SMILES string of the molecule is COc1cc(OC)nc(Sc2c(N)c(C)nn2C)n1. The second kappa shape index (κ2) is 5.35. The van der Waals surface area contributed by atoms with E-state index >= 15 is 0 Å². The van der Waals surface area contributed by atoms with Crippen LogP contribution in [0.2, 0.25) is 0 Å². The third-order valence-electron chi connectivity index (χ3n) is 2.48. The minimum absolute atomic E-state index is 0.437. The molecule has 8 heteroatoms. The fraction of sp³-hybridized carbons (Fsp3) is 0.364. The van der Waals surface area contributed by atoms with Crippen LogP contribution in [0, 0.1) is 6.92 Å². The summed E-state index contributed by atoms with van der Waals surface area (Å²) < 4.78 is 11.9. The van der Waals surface area contributed by atoms with Crippen molar-refractivity contribution in [2.75, 3.05) is 20.0 Å². The van der Waals surface area contributed by atoms with Crippen LogP contribution in [-0.4, -0.2) is 34.0 Å². The molecule has 0 unspecified atom stereocenters. The highest BCUT2D eigenvalue weighted by Gasteiger charge is 2.14. The van der Waals surface area contributed by atoms with Crippen molar-refractivity contribution in [1.29, 1.82) is 0 Å². The number of nitrogen functional groups attached to an aromatic ring is 1. The maximum absolute atomic E-state index is 5.97. The molecule has 0 aromatic carbocycles. The zero-order valence-electron chi connectivity index (χ0n) is 11.2. The van der Waals surface area contributed by atoms with E-state index < -0.39 is 0 Å². The van der Waals surface area contributed by atoms with Gasteiger partial charge in [0.05, 0.1) is 31.7 Å². The van der Waals surface area contributed by atoms with Crippen LogP contribution < -0.4 is 15.2 Å². The third kappa shape index (κ3) is 2.73. The monoisotopic (exact) mass is 281 g/mol. The van der Waals surface area contributed by atoms with Gasteiger partial charge >= 0.3 is 0 Å².